The van der Waals surface area contributed by atoms with Gasteiger partial charge in [-0.3, -0.25) is 0 Å². The molecule has 0 spiro atoms. The highest BCUT2D eigenvalue weighted by Gasteiger charge is 2.07. The van der Waals surface area contributed by atoms with E-state index in [1.807, 2.05) is 25.1 Å². The lowest BCUT2D eigenvalue weighted by atomic mass is 10.1. The predicted octanol–water partition coefficient (Wildman–Crippen LogP) is 2.37. The SMILES string of the molecule is CCc1cc(CCS(=O)(=O)Cl)cc(OC)c1. The van der Waals surface area contributed by atoms with Gasteiger partial charge in [-0.05, 0) is 36.1 Å². The maximum absolute atomic E-state index is 10.8. The molecule has 0 saturated heterocycles. The molecule has 5 heteroatoms. The number of methoxy groups -OCH3 is 1. The largest absolute Gasteiger partial charge is 0.497 e. The summed E-state index contributed by atoms with van der Waals surface area (Å²) in [6.07, 6.45) is 1.30. The second kappa shape index (κ2) is 5.55. The second-order valence-corrected chi connectivity index (χ2v) is 6.43. The van der Waals surface area contributed by atoms with Crippen LogP contribution in [0.15, 0.2) is 18.2 Å². The van der Waals surface area contributed by atoms with Gasteiger partial charge in [0.25, 0.3) is 0 Å². The molecule has 0 atom stereocenters. The van der Waals surface area contributed by atoms with Crippen molar-refractivity contribution in [2.24, 2.45) is 0 Å². The fourth-order valence-electron chi connectivity index (χ4n) is 1.43. The van der Waals surface area contributed by atoms with Gasteiger partial charge in [0.05, 0.1) is 12.9 Å². The van der Waals surface area contributed by atoms with Crippen LogP contribution in [0, 0.1) is 0 Å². The number of rotatable bonds is 5. The molecule has 0 fully saturated rings. The molecule has 0 amide bonds. The average molecular weight is 263 g/mol. The van der Waals surface area contributed by atoms with Gasteiger partial charge in [-0.2, -0.15) is 0 Å². The zero-order valence-electron chi connectivity index (χ0n) is 9.36. The standard InChI is InChI=1S/C11H15ClO3S/c1-3-9-6-10(4-5-16(12,13)14)8-11(7-9)15-2/h6-8H,3-5H2,1-2H3. The molecular formula is C11H15ClO3S. The van der Waals surface area contributed by atoms with Gasteiger partial charge in [0.15, 0.2) is 0 Å². The molecule has 0 aliphatic rings. The Balaban J connectivity index is 2.87. The first kappa shape index (κ1) is 13.3. The molecule has 16 heavy (non-hydrogen) atoms. The first-order chi connectivity index (χ1) is 7.44. The number of hydrogen-bond acceptors (Lipinski definition) is 3. The van der Waals surface area contributed by atoms with Gasteiger partial charge in [-0.25, -0.2) is 8.42 Å². The molecule has 0 saturated carbocycles. The van der Waals surface area contributed by atoms with Crippen LogP contribution in [0.4, 0.5) is 0 Å². The zero-order valence-corrected chi connectivity index (χ0v) is 10.9. The van der Waals surface area contributed by atoms with E-state index >= 15 is 0 Å². The average Bonchev–Trinajstić information content (AvgIpc) is 2.25. The van der Waals surface area contributed by atoms with Crippen molar-refractivity contribution >= 4 is 19.7 Å². The lowest BCUT2D eigenvalue weighted by Crippen LogP contribution is -2.02. The van der Waals surface area contributed by atoms with Crippen molar-refractivity contribution in [3.63, 3.8) is 0 Å². The van der Waals surface area contributed by atoms with E-state index in [9.17, 15) is 8.42 Å². The molecule has 0 unspecified atom stereocenters. The van der Waals surface area contributed by atoms with Crippen molar-refractivity contribution in [2.45, 2.75) is 19.8 Å². The van der Waals surface area contributed by atoms with Gasteiger partial charge in [0.1, 0.15) is 5.75 Å². The highest BCUT2D eigenvalue weighted by molar-refractivity contribution is 8.13. The molecule has 3 nitrogen and oxygen atoms in total. The number of hydrogen-bond donors (Lipinski definition) is 0. The molecule has 0 heterocycles. The maximum atomic E-state index is 10.8. The molecule has 0 aliphatic carbocycles. The molecular weight excluding hydrogens is 248 g/mol. The van der Waals surface area contributed by atoms with Crippen molar-refractivity contribution < 1.29 is 13.2 Å². The molecule has 0 bridgehead atoms. The molecule has 90 valence electrons. The van der Waals surface area contributed by atoms with E-state index in [0.29, 0.717) is 6.42 Å². The third kappa shape index (κ3) is 4.41. The minimum atomic E-state index is -3.43. The molecule has 1 aromatic carbocycles. The Hall–Kier alpha value is -0.740. The topological polar surface area (TPSA) is 43.4 Å². The molecule has 1 aromatic rings. The van der Waals surface area contributed by atoms with E-state index in [2.05, 4.69) is 0 Å². The van der Waals surface area contributed by atoms with E-state index in [1.165, 1.54) is 0 Å². The highest BCUT2D eigenvalue weighted by Crippen LogP contribution is 2.18. The Morgan fingerprint density at radius 3 is 2.38 bits per heavy atom. The van der Waals surface area contributed by atoms with Gasteiger partial charge >= 0.3 is 0 Å². The summed E-state index contributed by atoms with van der Waals surface area (Å²) < 4.78 is 26.8. The quantitative estimate of drug-likeness (QED) is 0.765. The van der Waals surface area contributed by atoms with Crippen LogP contribution in [0.1, 0.15) is 18.1 Å². The van der Waals surface area contributed by atoms with Gasteiger partial charge < -0.3 is 4.74 Å². The first-order valence-electron chi connectivity index (χ1n) is 5.03. The van der Waals surface area contributed by atoms with Crippen molar-refractivity contribution in [1.82, 2.24) is 0 Å². The lowest BCUT2D eigenvalue weighted by Gasteiger charge is -2.07. The van der Waals surface area contributed by atoms with Crippen molar-refractivity contribution in [3.05, 3.63) is 29.3 Å². The summed E-state index contributed by atoms with van der Waals surface area (Å²) in [4.78, 5) is 0. The second-order valence-electron chi connectivity index (χ2n) is 3.54. The van der Waals surface area contributed by atoms with Crippen molar-refractivity contribution in [2.75, 3.05) is 12.9 Å². The fraction of sp³-hybridized carbons (Fsp3) is 0.455. The summed E-state index contributed by atoms with van der Waals surface area (Å²) in [5.41, 5.74) is 2.06. The van der Waals surface area contributed by atoms with Gasteiger partial charge in [-0.1, -0.05) is 13.0 Å². The Morgan fingerprint density at radius 2 is 1.88 bits per heavy atom. The smallest absolute Gasteiger partial charge is 0.232 e. The van der Waals surface area contributed by atoms with Crippen LogP contribution in [0.5, 0.6) is 5.75 Å². The first-order valence-corrected chi connectivity index (χ1v) is 7.51. The minimum absolute atomic E-state index is 0.0507. The van der Waals surface area contributed by atoms with Crippen molar-refractivity contribution in [3.8, 4) is 5.75 Å². The fourth-order valence-corrected chi connectivity index (χ4v) is 2.15. The van der Waals surface area contributed by atoms with Crippen LogP contribution >= 0.6 is 10.7 Å². The Labute approximate surface area is 101 Å². The Bertz CT molecular complexity index is 432. The van der Waals surface area contributed by atoms with Crippen LogP contribution in [-0.4, -0.2) is 21.3 Å². The molecule has 0 aliphatic heterocycles. The lowest BCUT2D eigenvalue weighted by molar-refractivity contribution is 0.414. The number of aryl methyl sites for hydroxylation is 2. The molecule has 0 radical (unpaired) electrons. The number of benzene rings is 1. The Kier molecular flexibility index (Phi) is 4.62. The van der Waals surface area contributed by atoms with Gasteiger partial charge in [-0.15, -0.1) is 0 Å². The van der Waals surface area contributed by atoms with Gasteiger partial charge in [0.2, 0.25) is 9.05 Å². The summed E-state index contributed by atoms with van der Waals surface area (Å²) in [6.45, 7) is 2.04. The molecule has 0 N–H and O–H groups in total. The predicted molar refractivity (Wildman–Crippen MR) is 65.7 cm³/mol. The highest BCUT2D eigenvalue weighted by atomic mass is 35.7. The summed E-state index contributed by atoms with van der Waals surface area (Å²) in [5.74, 6) is 0.701. The summed E-state index contributed by atoms with van der Waals surface area (Å²) >= 11 is 0. The minimum Gasteiger partial charge on any atom is -0.497 e. The van der Waals surface area contributed by atoms with Crippen LogP contribution in [0.25, 0.3) is 0 Å². The molecule has 0 aromatic heterocycles. The van der Waals surface area contributed by atoms with E-state index in [4.69, 9.17) is 15.4 Å². The number of halogens is 1. The summed E-state index contributed by atoms with van der Waals surface area (Å²) in [5, 5.41) is 0. The zero-order chi connectivity index (χ0) is 12.2. The van der Waals surface area contributed by atoms with Gasteiger partial charge in [0, 0.05) is 10.7 Å². The van der Waals surface area contributed by atoms with E-state index in [0.717, 1.165) is 23.3 Å². The van der Waals surface area contributed by atoms with E-state index in [-0.39, 0.29) is 5.75 Å². The van der Waals surface area contributed by atoms with Crippen molar-refractivity contribution in [1.29, 1.82) is 0 Å². The van der Waals surface area contributed by atoms with Crippen LogP contribution in [0.3, 0.4) is 0 Å². The van der Waals surface area contributed by atoms with E-state index in [1.54, 1.807) is 7.11 Å². The Morgan fingerprint density at radius 1 is 1.25 bits per heavy atom. The third-order valence-electron chi connectivity index (χ3n) is 2.30. The molecule has 1 rings (SSSR count). The van der Waals surface area contributed by atoms with Crippen LogP contribution < -0.4 is 4.74 Å². The van der Waals surface area contributed by atoms with E-state index < -0.39 is 9.05 Å². The third-order valence-corrected chi connectivity index (χ3v) is 3.46. The monoisotopic (exact) mass is 262 g/mol. The normalized spacial score (nSPS) is 11.4. The summed E-state index contributed by atoms with van der Waals surface area (Å²) in [6, 6.07) is 5.75. The number of ether oxygens (including phenoxy) is 1. The van der Waals surface area contributed by atoms with Crippen LogP contribution in [-0.2, 0) is 21.9 Å². The maximum Gasteiger partial charge on any atom is 0.232 e. The summed E-state index contributed by atoms with van der Waals surface area (Å²) in [7, 11) is 3.34. The van der Waals surface area contributed by atoms with Crippen LogP contribution in [0.2, 0.25) is 0 Å².